The summed E-state index contributed by atoms with van der Waals surface area (Å²) in [7, 11) is 0. The number of pyridine rings is 1. The van der Waals surface area contributed by atoms with Gasteiger partial charge in [-0.25, -0.2) is 4.98 Å². The van der Waals surface area contributed by atoms with Gasteiger partial charge in [0.25, 0.3) is 0 Å². The zero-order chi connectivity index (χ0) is 21.2. The van der Waals surface area contributed by atoms with Crippen molar-refractivity contribution in [2.45, 2.75) is 26.2 Å². The summed E-state index contributed by atoms with van der Waals surface area (Å²) in [4.78, 5) is 25.9. The Morgan fingerprint density at radius 1 is 1.23 bits per heavy atom. The molecule has 0 bridgehead atoms. The van der Waals surface area contributed by atoms with Gasteiger partial charge in [0.05, 0.1) is 0 Å². The van der Waals surface area contributed by atoms with Crippen LogP contribution in [0.15, 0.2) is 46.2 Å². The number of aromatic nitrogens is 1. The monoisotopic (exact) mass is 428 g/mol. The van der Waals surface area contributed by atoms with Crippen LogP contribution < -0.4 is 15.5 Å². The third-order valence-electron chi connectivity index (χ3n) is 5.22. The maximum atomic E-state index is 12.6. The molecule has 0 saturated carbocycles. The fourth-order valence-electron chi connectivity index (χ4n) is 3.40. The highest BCUT2D eigenvalue weighted by Crippen LogP contribution is 2.18. The molecule has 7 nitrogen and oxygen atoms in total. The lowest BCUT2D eigenvalue weighted by atomic mass is 10.1. The first kappa shape index (κ1) is 22.1. The summed E-state index contributed by atoms with van der Waals surface area (Å²) in [6.45, 7) is 9.44. The van der Waals surface area contributed by atoms with Gasteiger partial charge in [-0.1, -0.05) is 13.0 Å². The van der Waals surface area contributed by atoms with Gasteiger partial charge in [-0.15, -0.1) is 0 Å². The Balaban J connectivity index is 1.40. The lowest BCUT2D eigenvalue weighted by molar-refractivity contribution is -0.131. The molecule has 2 aromatic rings. The van der Waals surface area contributed by atoms with Crippen molar-refractivity contribution < 1.29 is 4.79 Å². The lowest BCUT2D eigenvalue weighted by Crippen LogP contribution is -2.49. The minimum absolute atomic E-state index is 0.186. The molecule has 1 amide bonds. The van der Waals surface area contributed by atoms with Crippen LogP contribution in [-0.4, -0.2) is 67.6 Å². The van der Waals surface area contributed by atoms with E-state index in [9.17, 15) is 4.79 Å². The summed E-state index contributed by atoms with van der Waals surface area (Å²) in [5.41, 5.74) is 1.32. The maximum absolute atomic E-state index is 12.6. The minimum atomic E-state index is 0.186. The maximum Gasteiger partial charge on any atom is 0.224 e. The number of aliphatic imine (C=N–C) groups is 1. The number of hydrogen-bond acceptors (Lipinski definition) is 5. The average Bonchev–Trinajstić information content (AvgIpc) is 3.33. The standard InChI is InChI=1S/C22H32N6OS/c1-3-23-22(26-16-18(2)19-8-15-30-17-19)25-10-7-21(29)28-13-11-27(12-14-28)20-6-4-5-9-24-20/h4-6,8-9,15,17-18H,3,7,10-14,16H2,1-2H3,(H2,23,25,26). The number of carbonyl (C=O) groups is 1. The quantitative estimate of drug-likeness (QED) is 0.499. The summed E-state index contributed by atoms with van der Waals surface area (Å²) >= 11 is 1.71. The number of anilines is 1. The first-order valence-corrected chi connectivity index (χ1v) is 11.6. The Morgan fingerprint density at radius 2 is 2.07 bits per heavy atom. The molecule has 162 valence electrons. The Morgan fingerprint density at radius 3 is 2.73 bits per heavy atom. The van der Waals surface area contributed by atoms with E-state index in [1.807, 2.05) is 36.2 Å². The Labute approximate surface area is 183 Å². The van der Waals surface area contributed by atoms with Crippen molar-refractivity contribution in [1.82, 2.24) is 20.5 Å². The summed E-state index contributed by atoms with van der Waals surface area (Å²) in [5.74, 6) is 2.32. The second kappa shape index (κ2) is 11.5. The SMILES string of the molecule is CCNC(=NCC(C)c1ccsc1)NCCC(=O)N1CCN(c2ccccn2)CC1. The second-order valence-electron chi connectivity index (χ2n) is 7.41. The van der Waals surface area contributed by atoms with Crippen LogP contribution in [0.25, 0.3) is 0 Å². The molecule has 1 saturated heterocycles. The van der Waals surface area contributed by atoms with E-state index >= 15 is 0 Å². The van der Waals surface area contributed by atoms with Crippen LogP contribution in [0.5, 0.6) is 0 Å². The Bertz CT molecular complexity index is 787. The number of hydrogen-bond donors (Lipinski definition) is 2. The van der Waals surface area contributed by atoms with Gasteiger partial charge in [-0.2, -0.15) is 11.3 Å². The molecule has 1 aliphatic rings. The molecule has 2 N–H and O–H groups in total. The molecule has 30 heavy (non-hydrogen) atoms. The number of nitrogens with one attached hydrogen (secondary N) is 2. The van der Waals surface area contributed by atoms with Gasteiger partial charge in [0.2, 0.25) is 5.91 Å². The third kappa shape index (κ3) is 6.45. The molecule has 0 spiro atoms. The van der Waals surface area contributed by atoms with Crippen molar-refractivity contribution in [2.75, 3.05) is 50.7 Å². The molecule has 1 unspecified atom stereocenters. The predicted molar refractivity (Wildman–Crippen MR) is 124 cm³/mol. The van der Waals surface area contributed by atoms with Gasteiger partial charge in [0.15, 0.2) is 5.96 Å². The summed E-state index contributed by atoms with van der Waals surface area (Å²) < 4.78 is 0. The summed E-state index contributed by atoms with van der Waals surface area (Å²) in [5, 5.41) is 10.8. The van der Waals surface area contributed by atoms with E-state index in [4.69, 9.17) is 0 Å². The zero-order valence-corrected chi connectivity index (χ0v) is 18.7. The number of rotatable bonds is 8. The highest BCUT2D eigenvalue weighted by Gasteiger charge is 2.21. The second-order valence-corrected chi connectivity index (χ2v) is 8.19. The summed E-state index contributed by atoms with van der Waals surface area (Å²) in [6, 6.07) is 8.08. The number of nitrogens with zero attached hydrogens (tertiary/aromatic N) is 4. The first-order valence-electron chi connectivity index (χ1n) is 10.7. The Hall–Kier alpha value is -2.61. The molecule has 0 aliphatic carbocycles. The van der Waals surface area contributed by atoms with E-state index < -0.39 is 0 Å². The molecule has 1 aliphatic heterocycles. The van der Waals surface area contributed by atoms with E-state index in [1.54, 1.807) is 11.3 Å². The Kier molecular flexibility index (Phi) is 8.50. The molecule has 8 heteroatoms. The van der Waals surface area contributed by atoms with Crippen LogP contribution in [0.4, 0.5) is 5.82 Å². The van der Waals surface area contributed by atoms with Gasteiger partial charge < -0.3 is 20.4 Å². The molecule has 3 heterocycles. The first-order chi connectivity index (χ1) is 14.7. The largest absolute Gasteiger partial charge is 0.357 e. The van der Waals surface area contributed by atoms with E-state index in [0.717, 1.165) is 51.0 Å². The lowest BCUT2D eigenvalue weighted by Gasteiger charge is -2.35. The van der Waals surface area contributed by atoms with E-state index in [1.165, 1.54) is 5.56 Å². The van der Waals surface area contributed by atoms with Crippen molar-refractivity contribution in [2.24, 2.45) is 4.99 Å². The fourth-order valence-corrected chi connectivity index (χ4v) is 4.18. The molecule has 3 rings (SSSR count). The van der Waals surface area contributed by atoms with E-state index in [-0.39, 0.29) is 5.91 Å². The average molecular weight is 429 g/mol. The smallest absolute Gasteiger partial charge is 0.224 e. The van der Waals surface area contributed by atoms with Crippen molar-refractivity contribution in [3.05, 3.63) is 46.8 Å². The van der Waals surface area contributed by atoms with Crippen LogP contribution in [0, 0.1) is 0 Å². The van der Waals surface area contributed by atoms with Gasteiger partial charge in [-0.05, 0) is 41.4 Å². The number of thiophene rings is 1. The van der Waals surface area contributed by atoms with Gasteiger partial charge in [0, 0.05) is 64.3 Å². The molecule has 0 radical (unpaired) electrons. The van der Waals surface area contributed by atoms with Gasteiger partial charge in [0.1, 0.15) is 5.82 Å². The van der Waals surface area contributed by atoms with Crippen LogP contribution in [0.1, 0.15) is 31.7 Å². The van der Waals surface area contributed by atoms with Crippen molar-refractivity contribution >= 4 is 29.0 Å². The summed E-state index contributed by atoms with van der Waals surface area (Å²) in [6.07, 6.45) is 2.28. The minimum Gasteiger partial charge on any atom is -0.357 e. The highest BCUT2D eigenvalue weighted by atomic mass is 32.1. The molecule has 2 aromatic heterocycles. The van der Waals surface area contributed by atoms with Crippen molar-refractivity contribution in [3.8, 4) is 0 Å². The van der Waals surface area contributed by atoms with Crippen LogP contribution in [0.3, 0.4) is 0 Å². The van der Waals surface area contributed by atoms with Crippen molar-refractivity contribution in [1.29, 1.82) is 0 Å². The molecule has 1 atom stereocenters. The number of amides is 1. The molecule has 1 fully saturated rings. The third-order valence-corrected chi connectivity index (χ3v) is 5.92. The van der Waals surface area contributed by atoms with Crippen molar-refractivity contribution in [3.63, 3.8) is 0 Å². The number of piperazine rings is 1. The van der Waals surface area contributed by atoms with Crippen LogP contribution in [0.2, 0.25) is 0 Å². The van der Waals surface area contributed by atoms with Gasteiger partial charge in [-0.3, -0.25) is 9.79 Å². The number of carbonyl (C=O) groups excluding carboxylic acids is 1. The molecular weight excluding hydrogens is 396 g/mol. The van der Waals surface area contributed by atoms with Gasteiger partial charge >= 0.3 is 0 Å². The molecular formula is C22H32N6OS. The predicted octanol–water partition coefficient (Wildman–Crippen LogP) is 2.54. The zero-order valence-electron chi connectivity index (χ0n) is 17.9. The van der Waals surface area contributed by atoms with Crippen LogP contribution >= 0.6 is 11.3 Å². The normalized spacial score (nSPS) is 15.7. The topological polar surface area (TPSA) is 72.9 Å². The highest BCUT2D eigenvalue weighted by molar-refractivity contribution is 7.07. The fraction of sp³-hybridized carbons (Fsp3) is 0.500. The van der Waals surface area contributed by atoms with E-state index in [0.29, 0.717) is 18.9 Å². The number of guanidine groups is 1. The van der Waals surface area contributed by atoms with E-state index in [2.05, 4.69) is 49.3 Å². The van der Waals surface area contributed by atoms with Crippen LogP contribution in [-0.2, 0) is 4.79 Å². The molecule has 0 aromatic carbocycles.